The Kier molecular flexibility index (Phi) is 8.50. The lowest BCUT2D eigenvalue weighted by molar-refractivity contribution is 0.0916. The van der Waals surface area contributed by atoms with Crippen LogP contribution in [0.5, 0.6) is 0 Å². The zero-order valence-corrected chi connectivity index (χ0v) is 26.3. The van der Waals surface area contributed by atoms with Crippen LogP contribution < -0.4 is 16.0 Å². The number of aromatic nitrogens is 3. The molecule has 1 atom stereocenters. The molecular formula is C37H40N6O2. The number of Topliss-reactive ketones (excluding diaryl/α,β-unsaturated/α-hetero) is 1. The van der Waals surface area contributed by atoms with E-state index in [1.807, 2.05) is 91.9 Å². The van der Waals surface area contributed by atoms with Crippen molar-refractivity contribution in [2.75, 3.05) is 23.7 Å². The number of anilines is 2. The number of pyridine rings is 1. The topological polar surface area (TPSA) is 101 Å². The van der Waals surface area contributed by atoms with Gasteiger partial charge in [-0.3, -0.25) is 15.1 Å². The Morgan fingerprint density at radius 3 is 2.33 bits per heavy atom. The first-order chi connectivity index (χ1) is 21.7. The number of nitrogens with one attached hydrogen (secondary N) is 3. The van der Waals surface area contributed by atoms with E-state index < -0.39 is 0 Å². The quantitative estimate of drug-likeness (QED) is 0.167. The normalized spacial score (nSPS) is 14.7. The summed E-state index contributed by atoms with van der Waals surface area (Å²) in [7, 11) is 0. The smallest absolute Gasteiger partial charge is 0.317 e. The predicted octanol–water partition coefficient (Wildman–Crippen LogP) is 7.64. The van der Waals surface area contributed by atoms with Crippen molar-refractivity contribution >= 4 is 34.2 Å². The summed E-state index contributed by atoms with van der Waals surface area (Å²) in [4.78, 5) is 31.8. The SMILES string of the molecule is Cc1ccc(-n2nc(C(C)(C)C)cc2NC(=O)Nc2ccc(C(C(=O)c3cnc4ccccc4c3)C3CCNCC3)cc2)cc1. The van der Waals surface area contributed by atoms with Gasteiger partial charge in [-0.2, -0.15) is 5.10 Å². The Morgan fingerprint density at radius 2 is 1.62 bits per heavy atom. The lowest BCUT2D eigenvalue weighted by Crippen LogP contribution is -2.33. The molecule has 1 unspecified atom stereocenters. The Bertz CT molecular complexity index is 1810. The number of rotatable bonds is 7. The third-order valence-corrected chi connectivity index (χ3v) is 8.54. The lowest BCUT2D eigenvalue weighted by atomic mass is 9.76. The molecule has 2 aromatic heterocycles. The zero-order chi connectivity index (χ0) is 31.6. The second kappa shape index (κ2) is 12.7. The fraction of sp³-hybridized carbons (Fsp3) is 0.297. The standard InChI is InChI=1S/C37H40N6O2/c1-24-9-15-30(16-10-24)43-33(22-32(42-43)37(2,3)4)41-36(45)40-29-13-11-25(12-14-29)34(26-17-19-38-20-18-26)35(44)28-21-27-7-5-6-8-31(27)39-23-28/h5-16,21-23,26,34,38H,17-20H2,1-4H3,(H2,40,41,45). The maximum atomic E-state index is 14.0. The fourth-order valence-corrected chi connectivity index (χ4v) is 5.97. The van der Waals surface area contributed by atoms with Crippen LogP contribution in [0.15, 0.2) is 91.1 Å². The number of urea groups is 1. The maximum Gasteiger partial charge on any atom is 0.324 e. The first kappa shape index (κ1) is 30.2. The Labute approximate surface area is 264 Å². The largest absolute Gasteiger partial charge is 0.324 e. The number of benzene rings is 3. The van der Waals surface area contributed by atoms with Crippen LogP contribution in [0.25, 0.3) is 16.6 Å². The van der Waals surface area contributed by atoms with E-state index in [9.17, 15) is 9.59 Å². The number of piperidine rings is 1. The number of fused-ring (bicyclic) bond motifs is 1. The number of amides is 2. The van der Waals surface area contributed by atoms with Crippen molar-refractivity contribution in [3.63, 3.8) is 0 Å². The van der Waals surface area contributed by atoms with Gasteiger partial charge in [0.15, 0.2) is 5.78 Å². The number of carbonyl (C=O) groups excluding carboxylic acids is 2. The molecular weight excluding hydrogens is 560 g/mol. The number of carbonyl (C=O) groups is 2. The highest BCUT2D eigenvalue weighted by atomic mass is 16.2. The molecule has 2 amide bonds. The van der Waals surface area contributed by atoms with E-state index >= 15 is 0 Å². The van der Waals surface area contributed by atoms with Crippen molar-refractivity contribution in [2.45, 2.75) is 51.9 Å². The molecule has 0 aliphatic carbocycles. The van der Waals surface area contributed by atoms with Gasteiger partial charge in [0.25, 0.3) is 0 Å². The molecule has 1 saturated heterocycles. The van der Waals surface area contributed by atoms with Gasteiger partial charge >= 0.3 is 6.03 Å². The van der Waals surface area contributed by atoms with E-state index in [4.69, 9.17) is 5.10 Å². The summed E-state index contributed by atoms with van der Waals surface area (Å²) >= 11 is 0. The molecule has 8 nitrogen and oxygen atoms in total. The molecule has 0 saturated carbocycles. The van der Waals surface area contributed by atoms with Gasteiger partial charge in [-0.1, -0.05) is 68.8 Å². The maximum absolute atomic E-state index is 14.0. The molecule has 1 fully saturated rings. The van der Waals surface area contributed by atoms with Crippen molar-refractivity contribution < 1.29 is 9.59 Å². The van der Waals surface area contributed by atoms with Gasteiger partial charge in [-0.25, -0.2) is 9.48 Å². The van der Waals surface area contributed by atoms with Gasteiger partial charge in [0, 0.05) is 34.3 Å². The zero-order valence-electron chi connectivity index (χ0n) is 26.3. The molecule has 45 heavy (non-hydrogen) atoms. The number of para-hydroxylation sites is 1. The first-order valence-corrected chi connectivity index (χ1v) is 15.6. The predicted molar refractivity (Wildman–Crippen MR) is 180 cm³/mol. The number of ketones is 1. The van der Waals surface area contributed by atoms with Crippen LogP contribution in [0.2, 0.25) is 0 Å². The summed E-state index contributed by atoms with van der Waals surface area (Å²) in [5.41, 5.74) is 5.77. The minimum Gasteiger partial charge on any atom is -0.317 e. The van der Waals surface area contributed by atoms with Gasteiger partial charge in [0.05, 0.1) is 22.8 Å². The van der Waals surface area contributed by atoms with Crippen molar-refractivity contribution in [2.24, 2.45) is 5.92 Å². The molecule has 1 aliphatic heterocycles. The van der Waals surface area contributed by atoms with Gasteiger partial charge in [0.2, 0.25) is 0 Å². The van der Waals surface area contributed by atoms with E-state index in [2.05, 4.69) is 41.7 Å². The Hall–Kier alpha value is -4.82. The second-order valence-electron chi connectivity index (χ2n) is 13.0. The van der Waals surface area contributed by atoms with Crippen molar-refractivity contribution in [1.29, 1.82) is 0 Å². The highest BCUT2D eigenvalue weighted by molar-refractivity contribution is 6.03. The number of nitrogens with zero attached hydrogens (tertiary/aromatic N) is 3. The summed E-state index contributed by atoms with van der Waals surface area (Å²) < 4.78 is 1.76. The van der Waals surface area contributed by atoms with Crippen LogP contribution in [0, 0.1) is 12.8 Å². The van der Waals surface area contributed by atoms with Crippen LogP contribution in [0.1, 0.15) is 66.7 Å². The number of aryl methyl sites for hydroxylation is 1. The van der Waals surface area contributed by atoms with Crippen LogP contribution >= 0.6 is 0 Å². The minimum atomic E-state index is -0.371. The van der Waals surface area contributed by atoms with Crippen LogP contribution in [-0.2, 0) is 5.41 Å². The third kappa shape index (κ3) is 6.81. The summed E-state index contributed by atoms with van der Waals surface area (Å²) in [6.07, 6.45) is 3.54. The second-order valence-corrected chi connectivity index (χ2v) is 13.0. The van der Waals surface area contributed by atoms with Gasteiger partial charge < -0.3 is 10.6 Å². The van der Waals surface area contributed by atoms with Crippen LogP contribution in [0.3, 0.4) is 0 Å². The van der Waals surface area contributed by atoms with Gasteiger partial charge in [-0.05, 0) is 80.7 Å². The minimum absolute atomic E-state index is 0.0811. The highest BCUT2D eigenvalue weighted by Crippen LogP contribution is 2.35. The molecule has 230 valence electrons. The Morgan fingerprint density at radius 1 is 0.911 bits per heavy atom. The monoisotopic (exact) mass is 600 g/mol. The summed E-state index contributed by atoms with van der Waals surface area (Å²) in [5.74, 6) is 0.583. The van der Waals surface area contributed by atoms with E-state index in [-0.39, 0.29) is 29.1 Å². The van der Waals surface area contributed by atoms with Crippen molar-refractivity contribution in [3.05, 3.63) is 114 Å². The highest BCUT2D eigenvalue weighted by Gasteiger charge is 2.32. The first-order valence-electron chi connectivity index (χ1n) is 15.6. The molecule has 0 bridgehead atoms. The van der Waals surface area contributed by atoms with E-state index in [1.165, 1.54) is 0 Å². The number of hydrogen-bond acceptors (Lipinski definition) is 5. The van der Waals surface area contributed by atoms with E-state index in [0.29, 0.717) is 17.1 Å². The summed E-state index contributed by atoms with van der Waals surface area (Å²) in [5, 5.41) is 15.1. The Balaban J connectivity index is 1.22. The van der Waals surface area contributed by atoms with E-state index in [1.54, 1.807) is 10.9 Å². The summed E-state index contributed by atoms with van der Waals surface area (Å²) in [6.45, 7) is 10.1. The molecule has 8 heteroatoms. The van der Waals surface area contributed by atoms with Crippen molar-refractivity contribution in [1.82, 2.24) is 20.1 Å². The van der Waals surface area contributed by atoms with Gasteiger partial charge in [-0.15, -0.1) is 0 Å². The molecule has 6 rings (SSSR count). The molecule has 3 heterocycles. The molecule has 0 spiro atoms. The molecule has 1 aliphatic rings. The van der Waals surface area contributed by atoms with Crippen LogP contribution in [-0.4, -0.2) is 39.7 Å². The molecule has 0 radical (unpaired) electrons. The molecule has 3 aromatic carbocycles. The van der Waals surface area contributed by atoms with Crippen molar-refractivity contribution in [3.8, 4) is 5.69 Å². The summed E-state index contributed by atoms with van der Waals surface area (Å²) in [6, 6.07) is 27.0. The fourth-order valence-electron chi connectivity index (χ4n) is 5.97. The average molecular weight is 601 g/mol. The molecule has 5 aromatic rings. The average Bonchev–Trinajstić information content (AvgIpc) is 3.47. The van der Waals surface area contributed by atoms with Crippen LogP contribution in [0.4, 0.5) is 16.3 Å². The van der Waals surface area contributed by atoms with Gasteiger partial charge in [0.1, 0.15) is 5.82 Å². The lowest BCUT2D eigenvalue weighted by Gasteiger charge is -2.30. The molecule has 3 N–H and O–H groups in total. The van der Waals surface area contributed by atoms with E-state index in [0.717, 1.165) is 59.3 Å². The number of hydrogen-bond donors (Lipinski definition) is 3. The third-order valence-electron chi connectivity index (χ3n) is 8.54.